The number of aryl methyl sites for hydroxylation is 2. The number of thioether (sulfide) groups is 1. The molecule has 8 heteroatoms. The lowest BCUT2D eigenvalue weighted by atomic mass is 10.0. The van der Waals surface area contributed by atoms with Crippen molar-refractivity contribution in [1.82, 2.24) is 14.9 Å². The molecule has 0 radical (unpaired) electrons. The summed E-state index contributed by atoms with van der Waals surface area (Å²) in [6.45, 7) is 3.92. The van der Waals surface area contributed by atoms with Crippen molar-refractivity contribution in [2.45, 2.75) is 36.7 Å². The lowest BCUT2D eigenvalue weighted by Crippen LogP contribution is -2.41. The van der Waals surface area contributed by atoms with E-state index in [0.717, 1.165) is 17.7 Å². The van der Waals surface area contributed by atoms with Crippen LogP contribution in [0, 0.1) is 12.7 Å². The molecular formula is C20H20FN5OS. The summed E-state index contributed by atoms with van der Waals surface area (Å²) < 4.78 is 15.1. The molecule has 0 unspecified atom stereocenters. The van der Waals surface area contributed by atoms with E-state index in [1.807, 2.05) is 31.2 Å². The molecule has 0 spiro atoms. The highest BCUT2D eigenvalue weighted by Crippen LogP contribution is 2.37. The van der Waals surface area contributed by atoms with Gasteiger partial charge in [0.2, 0.25) is 11.1 Å². The molecule has 28 heavy (non-hydrogen) atoms. The standard InChI is InChI=1S/C20H20FN5OS/c1-3-13-4-10-16(11-5-13)22-19(27)18-17(14-6-8-15(21)9-7-14)25-26-12(2)23-24-20(26)28-18/h4-11,17-18,25H,3H2,1-2H3,(H,22,27)/t17-,18+/m0/s1. The maximum Gasteiger partial charge on any atom is 0.240 e. The predicted octanol–water partition coefficient (Wildman–Crippen LogP) is 3.69. The Balaban J connectivity index is 1.62. The second kappa shape index (κ2) is 7.63. The van der Waals surface area contributed by atoms with Crippen LogP contribution in [-0.2, 0) is 11.2 Å². The van der Waals surface area contributed by atoms with Crippen LogP contribution in [0.4, 0.5) is 10.1 Å². The SMILES string of the molecule is CCc1ccc(NC(=O)[C@@H]2Sc3nnc(C)n3N[C@H]2c2ccc(F)cc2)cc1. The molecule has 0 bridgehead atoms. The first-order valence-corrected chi connectivity index (χ1v) is 9.93. The number of rotatable bonds is 4. The Kier molecular flexibility index (Phi) is 5.04. The fraction of sp³-hybridized carbons (Fsp3) is 0.250. The zero-order valence-electron chi connectivity index (χ0n) is 15.5. The molecule has 1 aliphatic heterocycles. The fourth-order valence-corrected chi connectivity index (χ4v) is 4.24. The van der Waals surface area contributed by atoms with E-state index in [-0.39, 0.29) is 17.8 Å². The van der Waals surface area contributed by atoms with Gasteiger partial charge in [-0.15, -0.1) is 10.2 Å². The van der Waals surface area contributed by atoms with Crippen LogP contribution in [0.15, 0.2) is 53.7 Å². The van der Waals surface area contributed by atoms with Gasteiger partial charge in [-0.1, -0.05) is 43.0 Å². The van der Waals surface area contributed by atoms with Crippen molar-refractivity contribution < 1.29 is 9.18 Å². The summed E-state index contributed by atoms with van der Waals surface area (Å²) >= 11 is 1.34. The molecule has 2 heterocycles. The number of anilines is 1. The van der Waals surface area contributed by atoms with Crippen LogP contribution in [0.5, 0.6) is 0 Å². The third kappa shape index (κ3) is 3.60. The Labute approximate surface area is 166 Å². The second-order valence-corrected chi connectivity index (χ2v) is 7.71. The highest BCUT2D eigenvalue weighted by atomic mass is 32.2. The zero-order valence-corrected chi connectivity index (χ0v) is 16.3. The summed E-state index contributed by atoms with van der Waals surface area (Å²) in [5.74, 6) is 0.233. The summed E-state index contributed by atoms with van der Waals surface area (Å²) in [6, 6.07) is 13.6. The van der Waals surface area contributed by atoms with Crippen molar-refractivity contribution in [1.29, 1.82) is 0 Å². The van der Waals surface area contributed by atoms with E-state index in [2.05, 4.69) is 27.9 Å². The quantitative estimate of drug-likeness (QED) is 0.703. The number of carbonyl (C=O) groups excluding carboxylic acids is 1. The molecule has 0 saturated carbocycles. The summed E-state index contributed by atoms with van der Waals surface area (Å²) in [4.78, 5) is 13.1. The van der Waals surface area contributed by atoms with E-state index in [1.54, 1.807) is 16.8 Å². The monoisotopic (exact) mass is 397 g/mol. The smallest absolute Gasteiger partial charge is 0.240 e. The first kappa shape index (κ1) is 18.5. The third-order valence-electron chi connectivity index (χ3n) is 4.72. The van der Waals surface area contributed by atoms with Gasteiger partial charge >= 0.3 is 0 Å². The Morgan fingerprint density at radius 3 is 2.57 bits per heavy atom. The summed E-state index contributed by atoms with van der Waals surface area (Å²) in [5, 5.41) is 11.3. The summed E-state index contributed by atoms with van der Waals surface area (Å²) in [6.07, 6.45) is 0.943. The number of nitrogens with one attached hydrogen (secondary N) is 2. The van der Waals surface area contributed by atoms with Gasteiger partial charge in [0, 0.05) is 5.69 Å². The van der Waals surface area contributed by atoms with Gasteiger partial charge in [-0.05, 0) is 48.7 Å². The van der Waals surface area contributed by atoms with E-state index >= 15 is 0 Å². The number of hydrogen-bond acceptors (Lipinski definition) is 5. The van der Waals surface area contributed by atoms with Gasteiger partial charge in [0.1, 0.15) is 16.9 Å². The van der Waals surface area contributed by atoms with Gasteiger partial charge < -0.3 is 10.7 Å². The van der Waals surface area contributed by atoms with Crippen molar-refractivity contribution in [2.24, 2.45) is 0 Å². The molecule has 2 aromatic carbocycles. The predicted molar refractivity (Wildman–Crippen MR) is 107 cm³/mol. The topological polar surface area (TPSA) is 71.8 Å². The molecule has 4 rings (SSSR count). The number of fused-ring (bicyclic) bond motifs is 1. The van der Waals surface area contributed by atoms with E-state index < -0.39 is 5.25 Å². The molecule has 6 nitrogen and oxygen atoms in total. The largest absolute Gasteiger partial charge is 0.325 e. The van der Waals surface area contributed by atoms with E-state index in [9.17, 15) is 9.18 Å². The van der Waals surface area contributed by atoms with Crippen molar-refractivity contribution in [3.63, 3.8) is 0 Å². The highest BCUT2D eigenvalue weighted by Gasteiger charge is 2.37. The summed E-state index contributed by atoms with van der Waals surface area (Å²) in [7, 11) is 0. The van der Waals surface area contributed by atoms with Gasteiger partial charge in [0.25, 0.3) is 0 Å². The van der Waals surface area contributed by atoms with E-state index in [4.69, 9.17) is 0 Å². The lowest BCUT2D eigenvalue weighted by molar-refractivity contribution is -0.116. The summed E-state index contributed by atoms with van der Waals surface area (Å²) in [5.41, 5.74) is 6.07. The Bertz CT molecular complexity index is 987. The molecule has 0 saturated heterocycles. The fourth-order valence-electron chi connectivity index (χ4n) is 3.12. The van der Waals surface area contributed by atoms with Gasteiger partial charge in [-0.2, -0.15) is 0 Å². The second-order valence-electron chi connectivity index (χ2n) is 6.60. The maximum atomic E-state index is 13.4. The molecule has 2 N–H and O–H groups in total. The van der Waals surface area contributed by atoms with Gasteiger partial charge in [0.15, 0.2) is 0 Å². The van der Waals surface area contributed by atoms with Crippen molar-refractivity contribution >= 4 is 23.4 Å². The van der Waals surface area contributed by atoms with E-state index in [0.29, 0.717) is 11.0 Å². The molecule has 1 amide bonds. The molecule has 0 aliphatic carbocycles. The Morgan fingerprint density at radius 1 is 1.18 bits per heavy atom. The van der Waals surface area contributed by atoms with Crippen LogP contribution in [0.25, 0.3) is 0 Å². The minimum Gasteiger partial charge on any atom is -0.325 e. The van der Waals surface area contributed by atoms with Crippen molar-refractivity contribution in [2.75, 3.05) is 10.7 Å². The lowest BCUT2D eigenvalue weighted by Gasteiger charge is -2.32. The van der Waals surface area contributed by atoms with Crippen molar-refractivity contribution in [3.05, 3.63) is 71.3 Å². The Morgan fingerprint density at radius 2 is 1.89 bits per heavy atom. The van der Waals surface area contributed by atoms with Gasteiger partial charge in [-0.3, -0.25) is 4.79 Å². The molecule has 144 valence electrons. The van der Waals surface area contributed by atoms with Gasteiger partial charge in [-0.25, -0.2) is 9.07 Å². The van der Waals surface area contributed by atoms with Crippen LogP contribution in [0.1, 0.15) is 29.9 Å². The number of aromatic nitrogens is 3. The average molecular weight is 397 g/mol. The Hall–Kier alpha value is -2.87. The number of nitrogens with zero attached hydrogens (tertiary/aromatic N) is 3. The minimum absolute atomic E-state index is 0.150. The third-order valence-corrected chi connectivity index (χ3v) is 5.93. The molecule has 1 aromatic heterocycles. The maximum absolute atomic E-state index is 13.4. The molecule has 1 aliphatic rings. The van der Waals surface area contributed by atoms with E-state index in [1.165, 1.54) is 29.5 Å². The number of hydrogen-bond donors (Lipinski definition) is 2. The van der Waals surface area contributed by atoms with Crippen LogP contribution >= 0.6 is 11.8 Å². The van der Waals surface area contributed by atoms with Crippen LogP contribution in [0.2, 0.25) is 0 Å². The normalized spacial score (nSPS) is 18.2. The molecule has 2 atom stereocenters. The van der Waals surface area contributed by atoms with Crippen LogP contribution in [0.3, 0.4) is 0 Å². The first-order chi connectivity index (χ1) is 13.5. The van der Waals surface area contributed by atoms with Gasteiger partial charge in [0.05, 0.1) is 6.04 Å². The molecule has 0 fully saturated rings. The molecular weight excluding hydrogens is 377 g/mol. The zero-order chi connectivity index (χ0) is 19.7. The average Bonchev–Trinajstić information content (AvgIpc) is 3.08. The highest BCUT2D eigenvalue weighted by molar-refractivity contribution is 8.00. The number of benzene rings is 2. The minimum atomic E-state index is -0.493. The number of amides is 1. The molecule has 3 aromatic rings. The number of halogens is 1. The van der Waals surface area contributed by atoms with Crippen molar-refractivity contribution in [3.8, 4) is 0 Å². The number of carbonyl (C=O) groups is 1. The van der Waals surface area contributed by atoms with Crippen LogP contribution in [-0.4, -0.2) is 26.0 Å². The first-order valence-electron chi connectivity index (χ1n) is 9.05. The van der Waals surface area contributed by atoms with Crippen LogP contribution < -0.4 is 10.7 Å².